The van der Waals surface area contributed by atoms with Crippen molar-refractivity contribution in [2.45, 2.75) is 104 Å². The first kappa shape index (κ1) is 22.8. The molecule has 0 N–H and O–H groups in total. The fourth-order valence-corrected chi connectivity index (χ4v) is 4.70. The molecule has 30 heavy (non-hydrogen) atoms. The molecular formula is C29H40O. The predicted octanol–water partition coefficient (Wildman–Crippen LogP) is 8.70. The van der Waals surface area contributed by atoms with Crippen LogP contribution < -0.4 is 0 Å². The molecule has 2 aromatic rings. The molecule has 0 radical (unpaired) electrons. The lowest BCUT2D eigenvalue weighted by molar-refractivity contribution is 0.104. The van der Waals surface area contributed by atoms with E-state index in [2.05, 4.69) is 50.2 Å². The number of ketones is 1. The quantitative estimate of drug-likeness (QED) is 0.245. The van der Waals surface area contributed by atoms with Crippen LogP contribution in [0, 0.1) is 0 Å². The summed E-state index contributed by atoms with van der Waals surface area (Å²) in [6, 6.07) is 13.2. The zero-order chi connectivity index (χ0) is 21.2. The number of aryl methyl sites for hydroxylation is 2. The minimum atomic E-state index is 0.231. The maximum absolute atomic E-state index is 13.1. The van der Waals surface area contributed by atoms with E-state index in [9.17, 15) is 4.79 Å². The summed E-state index contributed by atoms with van der Waals surface area (Å²) in [6.45, 7) is 4.52. The van der Waals surface area contributed by atoms with Gasteiger partial charge in [0.15, 0.2) is 5.78 Å². The molecule has 3 rings (SSSR count). The van der Waals surface area contributed by atoms with E-state index in [0.717, 1.165) is 35.1 Å². The molecule has 0 bridgehead atoms. The molecular weight excluding hydrogens is 364 g/mol. The molecule has 0 aliphatic heterocycles. The molecule has 2 aromatic carbocycles. The monoisotopic (exact) mass is 404 g/mol. The van der Waals surface area contributed by atoms with Crippen molar-refractivity contribution < 1.29 is 4.79 Å². The van der Waals surface area contributed by atoms with Crippen LogP contribution in [0.1, 0.15) is 118 Å². The SMILES string of the molecule is CCCCCCCCc1ccc2c(c1)C(=O)c1cc(CCCCCCCC)ccc1-2. The fraction of sp³-hybridized carbons (Fsp3) is 0.552. The van der Waals surface area contributed by atoms with Gasteiger partial charge in [-0.25, -0.2) is 0 Å². The van der Waals surface area contributed by atoms with Crippen molar-refractivity contribution in [2.24, 2.45) is 0 Å². The highest BCUT2D eigenvalue weighted by Crippen LogP contribution is 2.38. The van der Waals surface area contributed by atoms with Gasteiger partial charge in [0.25, 0.3) is 0 Å². The Labute approximate surface area is 184 Å². The van der Waals surface area contributed by atoms with Crippen LogP contribution in [0.15, 0.2) is 36.4 Å². The zero-order valence-electron chi connectivity index (χ0n) is 19.3. The molecule has 0 aromatic heterocycles. The second kappa shape index (κ2) is 12.1. The Morgan fingerprint density at radius 3 is 1.33 bits per heavy atom. The Morgan fingerprint density at radius 2 is 0.900 bits per heavy atom. The summed E-state index contributed by atoms with van der Waals surface area (Å²) < 4.78 is 0. The van der Waals surface area contributed by atoms with E-state index in [-0.39, 0.29) is 5.78 Å². The molecule has 1 aliphatic carbocycles. The molecule has 0 unspecified atom stereocenters. The third-order valence-corrected chi connectivity index (χ3v) is 6.59. The van der Waals surface area contributed by atoms with Crippen LogP contribution >= 0.6 is 0 Å². The van der Waals surface area contributed by atoms with Gasteiger partial charge in [-0.1, -0.05) is 102 Å². The number of hydrogen-bond donors (Lipinski definition) is 0. The molecule has 0 saturated carbocycles. The standard InChI is InChI=1S/C29H40O/c1-3-5-7-9-11-13-15-23-17-19-25-26-20-18-24(16-14-12-10-8-6-4-2)22-28(26)29(30)27(25)21-23/h17-22H,3-16H2,1-2H3. The maximum Gasteiger partial charge on any atom is 0.194 e. The maximum atomic E-state index is 13.1. The fourth-order valence-electron chi connectivity index (χ4n) is 4.70. The Balaban J connectivity index is 1.55. The first-order chi connectivity index (χ1) is 14.7. The lowest BCUT2D eigenvalue weighted by Crippen LogP contribution is -1.98. The first-order valence-corrected chi connectivity index (χ1v) is 12.6. The summed E-state index contributed by atoms with van der Waals surface area (Å²) in [5, 5.41) is 0. The molecule has 1 nitrogen and oxygen atoms in total. The molecule has 0 amide bonds. The first-order valence-electron chi connectivity index (χ1n) is 12.6. The molecule has 1 heteroatoms. The number of hydrogen-bond acceptors (Lipinski definition) is 1. The lowest BCUT2D eigenvalue weighted by Gasteiger charge is -2.06. The largest absolute Gasteiger partial charge is 0.289 e. The van der Waals surface area contributed by atoms with E-state index in [1.54, 1.807) is 0 Å². The summed E-state index contributed by atoms with van der Waals surface area (Å²) in [4.78, 5) is 13.1. The molecule has 162 valence electrons. The van der Waals surface area contributed by atoms with Crippen LogP contribution in [0.3, 0.4) is 0 Å². The predicted molar refractivity (Wildman–Crippen MR) is 129 cm³/mol. The molecule has 0 saturated heterocycles. The summed E-state index contributed by atoms with van der Waals surface area (Å²) in [6.07, 6.45) is 17.9. The average Bonchev–Trinajstić information content (AvgIpc) is 3.04. The van der Waals surface area contributed by atoms with E-state index in [1.165, 1.54) is 88.2 Å². The molecule has 0 spiro atoms. The van der Waals surface area contributed by atoms with Gasteiger partial charge in [0.05, 0.1) is 0 Å². The van der Waals surface area contributed by atoms with Gasteiger partial charge in [0.1, 0.15) is 0 Å². The van der Waals surface area contributed by atoms with Gasteiger partial charge in [0, 0.05) is 11.1 Å². The van der Waals surface area contributed by atoms with E-state index in [4.69, 9.17) is 0 Å². The van der Waals surface area contributed by atoms with Gasteiger partial charge in [-0.3, -0.25) is 4.79 Å². The van der Waals surface area contributed by atoms with Crippen LogP contribution in [-0.2, 0) is 12.8 Å². The Morgan fingerprint density at radius 1 is 0.500 bits per heavy atom. The van der Waals surface area contributed by atoms with Crippen LogP contribution in [0.5, 0.6) is 0 Å². The second-order valence-electron chi connectivity index (χ2n) is 9.12. The van der Waals surface area contributed by atoms with Crippen molar-refractivity contribution in [1.82, 2.24) is 0 Å². The second-order valence-corrected chi connectivity index (χ2v) is 9.12. The minimum absolute atomic E-state index is 0.231. The van der Waals surface area contributed by atoms with Crippen molar-refractivity contribution in [3.05, 3.63) is 58.7 Å². The summed E-state index contributed by atoms with van der Waals surface area (Å²) >= 11 is 0. The summed E-state index contributed by atoms with van der Waals surface area (Å²) in [5.74, 6) is 0.231. The van der Waals surface area contributed by atoms with Crippen molar-refractivity contribution in [3.63, 3.8) is 0 Å². The van der Waals surface area contributed by atoms with Crippen LogP contribution in [-0.4, -0.2) is 5.78 Å². The summed E-state index contributed by atoms with van der Waals surface area (Å²) in [7, 11) is 0. The molecule has 0 heterocycles. The normalized spacial score (nSPS) is 12.3. The van der Waals surface area contributed by atoms with Gasteiger partial charge < -0.3 is 0 Å². The smallest absolute Gasteiger partial charge is 0.194 e. The van der Waals surface area contributed by atoms with Crippen molar-refractivity contribution >= 4 is 5.78 Å². The highest BCUT2D eigenvalue weighted by molar-refractivity contribution is 6.21. The van der Waals surface area contributed by atoms with Crippen LogP contribution in [0.4, 0.5) is 0 Å². The Bertz CT molecular complexity index is 750. The van der Waals surface area contributed by atoms with Crippen LogP contribution in [0.2, 0.25) is 0 Å². The van der Waals surface area contributed by atoms with Gasteiger partial charge in [0.2, 0.25) is 0 Å². The number of rotatable bonds is 14. The Kier molecular flexibility index (Phi) is 9.18. The lowest BCUT2D eigenvalue weighted by atomic mass is 9.98. The third-order valence-electron chi connectivity index (χ3n) is 6.59. The number of benzene rings is 2. The molecule has 0 atom stereocenters. The van der Waals surface area contributed by atoms with E-state index in [1.807, 2.05) is 0 Å². The number of unbranched alkanes of at least 4 members (excludes halogenated alkanes) is 10. The Hall–Kier alpha value is -1.89. The van der Waals surface area contributed by atoms with Crippen LogP contribution in [0.25, 0.3) is 11.1 Å². The number of fused-ring (bicyclic) bond motifs is 3. The van der Waals surface area contributed by atoms with Gasteiger partial charge in [-0.05, 0) is 60.1 Å². The van der Waals surface area contributed by atoms with E-state index in [0.29, 0.717) is 0 Å². The van der Waals surface area contributed by atoms with Crippen molar-refractivity contribution in [2.75, 3.05) is 0 Å². The van der Waals surface area contributed by atoms with Crippen molar-refractivity contribution in [1.29, 1.82) is 0 Å². The number of carbonyl (C=O) groups excluding carboxylic acids is 1. The highest BCUT2D eigenvalue weighted by atomic mass is 16.1. The van der Waals surface area contributed by atoms with Gasteiger partial charge >= 0.3 is 0 Å². The van der Waals surface area contributed by atoms with Gasteiger partial charge in [-0.2, -0.15) is 0 Å². The molecule has 0 fully saturated rings. The number of carbonyl (C=O) groups is 1. The highest BCUT2D eigenvalue weighted by Gasteiger charge is 2.26. The van der Waals surface area contributed by atoms with E-state index < -0.39 is 0 Å². The third kappa shape index (κ3) is 6.06. The van der Waals surface area contributed by atoms with Crippen molar-refractivity contribution in [3.8, 4) is 11.1 Å². The summed E-state index contributed by atoms with van der Waals surface area (Å²) in [5.41, 5.74) is 6.74. The zero-order valence-corrected chi connectivity index (χ0v) is 19.3. The van der Waals surface area contributed by atoms with E-state index >= 15 is 0 Å². The minimum Gasteiger partial charge on any atom is -0.289 e. The topological polar surface area (TPSA) is 17.1 Å². The molecule has 1 aliphatic rings. The van der Waals surface area contributed by atoms with Gasteiger partial charge in [-0.15, -0.1) is 0 Å². The average molecular weight is 405 g/mol.